The standard InChI is InChI=1S/C15H11BrN2OS/c16-11-7-12(20-9-11)8-18-15(19)13-5-1-3-10-4-2-6-17-14(10)13/h1-7,9H,8H2,(H,18,19). The van der Waals surface area contributed by atoms with Crippen LogP contribution in [0.4, 0.5) is 0 Å². The summed E-state index contributed by atoms with van der Waals surface area (Å²) in [6.07, 6.45) is 1.70. The van der Waals surface area contributed by atoms with Crippen molar-refractivity contribution in [3.05, 3.63) is 62.9 Å². The molecule has 0 aliphatic heterocycles. The number of halogens is 1. The Morgan fingerprint density at radius 2 is 2.15 bits per heavy atom. The number of amides is 1. The Bertz CT molecular complexity index is 764. The highest BCUT2D eigenvalue weighted by atomic mass is 79.9. The molecule has 1 amide bonds. The van der Waals surface area contributed by atoms with Crippen LogP contribution < -0.4 is 5.32 Å². The molecular formula is C15H11BrN2OS. The second kappa shape index (κ2) is 5.73. The molecule has 0 aliphatic carbocycles. The summed E-state index contributed by atoms with van der Waals surface area (Å²) >= 11 is 5.02. The maximum absolute atomic E-state index is 12.3. The molecule has 0 saturated carbocycles. The molecule has 0 spiro atoms. The highest BCUT2D eigenvalue weighted by molar-refractivity contribution is 9.10. The second-order valence-corrected chi connectivity index (χ2v) is 6.21. The van der Waals surface area contributed by atoms with Gasteiger partial charge in [-0.05, 0) is 34.1 Å². The molecule has 0 fully saturated rings. The van der Waals surface area contributed by atoms with E-state index in [1.54, 1.807) is 23.6 Å². The van der Waals surface area contributed by atoms with E-state index in [9.17, 15) is 4.79 Å². The van der Waals surface area contributed by atoms with Gasteiger partial charge in [0.25, 0.3) is 5.91 Å². The van der Waals surface area contributed by atoms with E-state index < -0.39 is 0 Å². The number of fused-ring (bicyclic) bond motifs is 1. The van der Waals surface area contributed by atoms with Crippen LogP contribution in [0.5, 0.6) is 0 Å². The van der Waals surface area contributed by atoms with E-state index in [4.69, 9.17) is 0 Å². The quantitative estimate of drug-likeness (QED) is 0.778. The van der Waals surface area contributed by atoms with Crippen LogP contribution in [-0.2, 0) is 6.54 Å². The molecule has 0 bridgehead atoms. The zero-order valence-corrected chi connectivity index (χ0v) is 12.9. The van der Waals surface area contributed by atoms with Gasteiger partial charge >= 0.3 is 0 Å². The predicted octanol–water partition coefficient (Wildman–Crippen LogP) is 3.99. The van der Waals surface area contributed by atoms with Crippen LogP contribution in [0.25, 0.3) is 10.9 Å². The van der Waals surface area contributed by atoms with Crippen molar-refractivity contribution in [2.45, 2.75) is 6.54 Å². The fourth-order valence-corrected chi connectivity index (χ4v) is 3.39. The average molecular weight is 347 g/mol. The number of nitrogens with zero attached hydrogens (tertiary/aromatic N) is 1. The predicted molar refractivity (Wildman–Crippen MR) is 84.9 cm³/mol. The van der Waals surface area contributed by atoms with Crippen molar-refractivity contribution in [1.29, 1.82) is 0 Å². The van der Waals surface area contributed by atoms with Gasteiger partial charge in [0.1, 0.15) is 0 Å². The highest BCUT2D eigenvalue weighted by Gasteiger charge is 2.10. The number of thiophene rings is 1. The summed E-state index contributed by atoms with van der Waals surface area (Å²) < 4.78 is 1.04. The number of carbonyl (C=O) groups excluding carboxylic acids is 1. The van der Waals surface area contributed by atoms with E-state index in [0.29, 0.717) is 12.1 Å². The Morgan fingerprint density at radius 1 is 1.30 bits per heavy atom. The number of benzene rings is 1. The molecule has 0 atom stereocenters. The Kier molecular flexibility index (Phi) is 3.80. The monoisotopic (exact) mass is 346 g/mol. The molecule has 0 radical (unpaired) electrons. The molecule has 1 aromatic carbocycles. The van der Waals surface area contributed by atoms with Gasteiger partial charge in [-0.15, -0.1) is 11.3 Å². The molecule has 20 heavy (non-hydrogen) atoms. The molecule has 3 rings (SSSR count). The first-order valence-corrected chi connectivity index (χ1v) is 7.76. The minimum atomic E-state index is -0.0983. The van der Waals surface area contributed by atoms with Crippen LogP contribution >= 0.6 is 27.3 Å². The summed E-state index contributed by atoms with van der Waals surface area (Å²) in [6.45, 7) is 0.526. The summed E-state index contributed by atoms with van der Waals surface area (Å²) in [5.74, 6) is -0.0983. The summed E-state index contributed by atoms with van der Waals surface area (Å²) in [5, 5.41) is 5.90. The van der Waals surface area contributed by atoms with Crippen LogP contribution in [-0.4, -0.2) is 10.9 Å². The lowest BCUT2D eigenvalue weighted by Crippen LogP contribution is -2.22. The molecule has 100 valence electrons. The fourth-order valence-electron chi connectivity index (χ4n) is 2.00. The lowest BCUT2D eigenvalue weighted by Gasteiger charge is -2.06. The molecule has 3 nitrogen and oxygen atoms in total. The van der Waals surface area contributed by atoms with Gasteiger partial charge in [0, 0.05) is 26.3 Å². The lowest BCUT2D eigenvalue weighted by molar-refractivity contribution is 0.0953. The molecule has 1 N–H and O–H groups in total. The topological polar surface area (TPSA) is 42.0 Å². The molecule has 0 unspecified atom stereocenters. The van der Waals surface area contributed by atoms with E-state index in [1.165, 1.54) is 0 Å². The SMILES string of the molecule is O=C(NCc1cc(Br)cs1)c1cccc2cccnc12. The van der Waals surface area contributed by atoms with Crippen molar-refractivity contribution in [2.24, 2.45) is 0 Å². The Morgan fingerprint density at radius 3 is 2.95 bits per heavy atom. The number of carbonyl (C=O) groups is 1. The van der Waals surface area contributed by atoms with Crippen molar-refractivity contribution in [1.82, 2.24) is 10.3 Å². The maximum Gasteiger partial charge on any atom is 0.253 e. The van der Waals surface area contributed by atoms with Gasteiger partial charge in [0.05, 0.1) is 17.6 Å². The van der Waals surface area contributed by atoms with Gasteiger partial charge in [-0.25, -0.2) is 0 Å². The lowest BCUT2D eigenvalue weighted by atomic mass is 10.1. The first-order valence-electron chi connectivity index (χ1n) is 6.09. The van der Waals surface area contributed by atoms with E-state index in [2.05, 4.69) is 26.2 Å². The summed E-state index contributed by atoms with van der Waals surface area (Å²) in [5.41, 5.74) is 1.35. The van der Waals surface area contributed by atoms with E-state index in [-0.39, 0.29) is 5.91 Å². The van der Waals surface area contributed by atoms with E-state index >= 15 is 0 Å². The van der Waals surface area contributed by atoms with Crippen molar-refractivity contribution in [3.63, 3.8) is 0 Å². The Hall–Kier alpha value is -1.72. The summed E-state index contributed by atoms with van der Waals surface area (Å²) in [7, 11) is 0. The van der Waals surface area contributed by atoms with E-state index in [1.807, 2.05) is 35.7 Å². The summed E-state index contributed by atoms with van der Waals surface area (Å²) in [4.78, 5) is 17.7. The van der Waals surface area contributed by atoms with Crippen molar-refractivity contribution in [3.8, 4) is 0 Å². The minimum Gasteiger partial charge on any atom is -0.347 e. The third-order valence-electron chi connectivity index (χ3n) is 2.92. The third-order valence-corrected chi connectivity index (χ3v) is 4.62. The fraction of sp³-hybridized carbons (Fsp3) is 0.0667. The van der Waals surface area contributed by atoms with Crippen molar-refractivity contribution >= 4 is 44.1 Å². The number of para-hydroxylation sites is 1. The summed E-state index contributed by atoms with van der Waals surface area (Å²) in [6, 6.07) is 11.5. The second-order valence-electron chi connectivity index (χ2n) is 4.29. The normalized spacial score (nSPS) is 10.7. The largest absolute Gasteiger partial charge is 0.347 e. The number of aromatic nitrogens is 1. The molecule has 3 aromatic rings. The van der Waals surface area contributed by atoms with Crippen LogP contribution in [0.15, 0.2) is 52.4 Å². The third kappa shape index (κ3) is 2.73. The van der Waals surface area contributed by atoms with Gasteiger partial charge in [-0.1, -0.05) is 18.2 Å². The molecule has 5 heteroatoms. The van der Waals surface area contributed by atoms with Crippen LogP contribution in [0.2, 0.25) is 0 Å². The first-order chi connectivity index (χ1) is 9.74. The Labute approximate surface area is 128 Å². The zero-order chi connectivity index (χ0) is 13.9. The minimum absolute atomic E-state index is 0.0983. The van der Waals surface area contributed by atoms with Crippen LogP contribution in [0.3, 0.4) is 0 Å². The molecule has 2 heterocycles. The number of hydrogen-bond donors (Lipinski definition) is 1. The maximum atomic E-state index is 12.3. The van der Waals surface area contributed by atoms with E-state index in [0.717, 1.165) is 20.3 Å². The number of nitrogens with one attached hydrogen (secondary N) is 1. The number of hydrogen-bond acceptors (Lipinski definition) is 3. The average Bonchev–Trinajstić information content (AvgIpc) is 2.90. The number of pyridine rings is 1. The molecule has 2 aromatic heterocycles. The van der Waals surface area contributed by atoms with Gasteiger partial charge in [0.15, 0.2) is 0 Å². The van der Waals surface area contributed by atoms with Crippen molar-refractivity contribution < 1.29 is 4.79 Å². The molecular weight excluding hydrogens is 336 g/mol. The van der Waals surface area contributed by atoms with Gasteiger partial charge < -0.3 is 5.32 Å². The number of rotatable bonds is 3. The molecule has 0 saturated heterocycles. The van der Waals surface area contributed by atoms with Crippen molar-refractivity contribution in [2.75, 3.05) is 0 Å². The Balaban J connectivity index is 1.82. The van der Waals surface area contributed by atoms with Gasteiger partial charge in [-0.3, -0.25) is 9.78 Å². The first kappa shape index (κ1) is 13.3. The van der Waals surface area contributed by atoms with Crippen LogP contribution in [0.1, 0.15) is 15.2 Å². The van der Waals surface area contributed by atoms with Gasteiger partial charge in [-0.2, -0.15) is 0 Å². The zero-order valence-electron chi connectivity index (χ0n) is 10.5. The highest BCUT2D eigenvalue weighted by Crippen LogP contribution is 2.20. The smallest absolute Gasteiger partial charge is 0.253 e. The van der Waals surface area contributed by atoms with Gasteiger partial charge in [0.2, 0.25) is 0 Å². The van der Waals surface area contributed by atoms with Crippen LogP contribution in [0, 0.1) is 0 Å². The molecule has 0 aliphatic rings.